The highest BCUT2D eigenvalue weighted by atomic mass is 16.7. The largest absolute Gasteiger partial charge is 0.322 e. The molecule has 1 rings (SSSR count). The molecule has 5 nitrogen and oxygen atoms in total. The first kappa shape index (κ1) is 13.9. The van der Waals surface area contributed by atoms with Crippen LogP contribution in [-0.2, 0) is 14.4 Å². The van der Waals surface area contributed by atoms with Crippen molar-refractivity contribution in [1.29, 1.82) is 0 Å². The van der Waals surface area contributed by atoms with E-state index < -0.39 is 5.91 Å². The van der Waals surface area contributed by atoms with Crippen molar-refractivity contribution in [2.75, 3.05) is 14.2 Å². The molecule has 0 fully saturated rings. The van der Waals surface area contributed by atoms with E-state index in [9.17, 15) is 9.59 Å². The van der Waals surface area contributed by atoms with Crippen LogP contribution in [-0.4, -0.2) is 31.0 Å². The highest BCUT2D eigenvalue weighted by Crippen LogP contribution is 2.07. The molecule has 1 aromatic rings. The molecule has 96 valence electrons. The van der Waals surface area contributed by atoms with Crippen LogP contribution < -0.4 is 5.32 Å². The number of hydrogen-bond donors (Lipinski definition) is 1. The summed E-state index contributed by atoms with van der Waals surface area (Å²) in [7, 11) is 2.86. The number of benzene rings is 1. The van der Waals surface area contributed by atoms with Crippen molar-refractivity contribution >= 4 is 17.9 Å². The van der Waals surface area contributed by atoms with Crippen molar-refractivity contribution in [3.05, 3.63) is 41.6 Å². The molecule has 0 unspecified atom stereocenters. The first-order valence-corrected chi connectivity index (χ1v) is 5.41. The Labute approximate surface area is 106 Å². The van der Waals surface area contributed by atoms with E-state index in [1.807, 2.05) is 30.3 Å². The Morgan fingerprint density at radius 1 is 1.28 bits per heavy atom. The summed E-state index contributed by atoms with van der Waals surface area (Å²) in [4.78, 5) is 27.8. The minimum absolute atomic E-state index is 0.165. The Hall–Kier alpha value is -2.14. The molecule has 2 amide bonds. The van der Waals surface area contributed by atoms with Crippen molar-refractivity contribution in [3.63, 3.8) is 0 Å². The first-order chi connectivity index (χ1) is 8.54. The molecule has 0 spiro atoms. The van der Waals surface area contributed by atoms with E-state index in [1.54, 1.807) is 6.08 Å². The van der Waals surface area contributed by atoms with Gasteiger partial charge in [0.05, 0.1) is 7.11 Å². The van der Waals surface area contributed by atoms with Gasteiger partial charge in [0.15, 0.2) is 0 Å². The molecule has 0 atom stereocenters. The Bertz CT molecular complexity index is 455. The lowest BCUT2D eigenvalue weighted by Crippen LogP contribution is -2.34. The van der Waals surface area contributed by atoms with Crippen LogP contribution in [0.4, 0.5) is 0 Å². The average molecular weight is 248 g/mol. The molecule has 0 aliphatic heterocycles. The van der Waals surface area contributed by atoms with Gasteiger partial charge in [-0.15, -0.1) is 0 Å². The van der Waals surface area contributed by atoms with Gasteiger partial charge in [-0.25, -0.2) is 5.06 Å². The summed E-state index contributed by atoms with van der Waals surface area (Å²) in [6.07, 6.45) is 1.60. The van der Waals surface area contributed by atoms with E-state index in [0.29, 0.717) is 0 Å². The molecule has 0 aromatic heterocycles. The Balaban J connectivity index is 3.02. The van der Waals surface area contributed by atoms with Gasteiger partial charge in [0, 0.05) is 14.0 Å². The summed E-state index contributed by atoms with van der Waals surface area (Å²) >= 11 is 0. The minimum Gasteiger partial charge on any atom is -0.322 e. The topological polar surface area (TPSA) is 58.6 Å². The van der Waals surface area contributed by atoms with Crippen LogP contribution in [0.2, 0.25) is 0 Å². The average Bonchev–Trinajstić information content (AvgIpc) is 2.37. The normalized spacial score (nSPS) is 10.9. The number of hydrogen-bond acceptors (Lipinski definition) is 3. The number of amides is 2. The summed E-state index contributed by atoms with van der Waals surface area (Å²) in [6.45, 7) is 1.35. The lowest BCUT2D eigenvalue weighted by atomic mass is 10.2. The van der Waals surface area contributed by atoms with E-state index in [0.717, 1.165) is 10.6 Å². The highest BCUT2D eigenvalue weighted by Gasteiger charge is 2.15. The van der Waals surface area contributed by atoms with Crippen molar-refractivity contribution in [3.8, 4) is 0 Å². The number of hydroxylamine groups is 2. The fourth-order valence-electron chi connectivity index (χ4n) is 1.31. The fraction of sp³-hybridized carbons (Fsp3) is 0.231. The number of nitrogens with one attached hydrogen (secondary N) is 1. The lowest BCUT2D eigenvalue weighted by Gasteiger charge is -2.16. The number of likely N-dealkylation sites (N-methyl/N-ethyl adjacent to an activating group) is 1. The van der Waals surface area contributed by atoms with Gasteiger partial charge in [0.1, 0.15) is 5.70 Å². The molecule has 0 aliphatic rings. The predicted octanol–water partition coefficient (Wildman–Crippen LogP) is 1.18. The second kappa shape index (κ2) is 6.56. The fourth-order valence-corrected chi connectivity index (χ4v) is 1.31. The number of carbonyl (C=O) groups excluding carboxylic acids is 2. The van der Waals surface area contributed by atoms with Gasteiger partial charge in [-0.05, 0) is 11.6 Å². The third-order valence-corrected chi connectivity index (χ3v) is 2.21. The Kier molecular flexibility index (Phi) is 5.07. The molecule has 0 heterocycles. The molecule has 5 heteroatoms. The maximum atomic E-state index is 11.9. The quantitative estimate of drug-likeness (QED) is 0.643. The van der Waals surface area contributed by atoms with Crippen molar-refractivity contribution in [2.24, 2.45) is 0 Å². The van der Waals surface area contributed by atoms with Crippen molar-refractivity contribution in [2.45, 2.75) is 6.92 Å². The highest BCUT2D eigenvalue weighted by molar-refractivity contribution is 6.00. The second-order valence-electron chi connectivity index (χ2n) is 3.64. The van der Waals surface area contributed by atoms with Crippen LogP contribution in [0.25, 0.3) is 6.08 Å². The third kappa shape index (κ3) is 4.03. The van der Waals surface area contributed by atoms with Gasteiger partial charge in [0.25, 0.3) is 5.91 Å². The monoisotopic (exact) mass is 248 g/mol. The molecule has 1 aromatic carbocycles. The Morgan fingerprint density at radius 3 is 2.39 bits per heavy atom. The van der Waals surface area contributed by atoms with E-state index in [-0.39, 0.29) is 11.6 Å². The molecular weight excluding hydrogens is 232 g/mol. The van der Waals surface area contributed by atoms with Crippen LogP contribution in [0.1, 0.15) is 12.5 Å². The summed E-state index contributed by atoms with van der Waals surface area (Å²) in [5, 5.41) is 3.54. The molecule has 0 bridgehead atoms. The van der Waals surface area contributed by atoms with Crippen LogP contribution in [0, 0.1) is 0 Å². The van der Waals surface area contributed by atoms with E-state index in [4.69, 9.17) is 4.84 Å². The maximum Gasteiger partial charge on any atom is 0.293 e. The zero-order valence-corrected chi connectivity index (χ0v) is 10.6. The molecule has 0 saturated carbocycles. The Morgan fingerprint density at radius 2 is 1.89 bits per heavy atom. The van der Waals surface area contributed by atoms with Gasteiger partial charge in [0.2, 0.25) is 5.91 Å². The number of rotatable bonds is 4. The number of nitrogens with zero attached hydrogens (tertiary/aromatic N) is 1. The summed E-state index contributed by atoms with van der Waals surface area (Å²) < 4.78 is 0. The zero-order valence-electron chi connectivity index (χ0n) is 10.6. The second-order valence-corrected chi connectivity index (χ2v) is 3.64. The van der Waals surface area contributed by atoms with Gasteiger partial charge in [-0.3, -0.25) is 14.4 Å². The van der Waals surface area contributed by atoms with Crippen LogP contribution >= 0.6 is 0 Å². The summed E-state index contributed by atoms with van der Waals surface area (Å²) in [6, 6.07) is 9.24. The van der Waals surface area contributed by atoms with Crippen LogP contribution in [0.3, 0.4) is 0 Å². The van der Waals surface area contributed by atoms with Crippen LogP contribution in [0.15, 0.2) is 36.0 Å². The maximum absolute atomic E-state index is 11.9. The third-order valence-electron chi connectivity index (χ3n) is 2.21. The molecule has 18 heavy (non-hydrogen) atoms. The SMILES string of the molecule is CON(C)C(=O)/C(=C/c1ccccc1)NC(C)=O. The molecule has 1 N–H and O–H groups in total. The van der Waals surface area contributed by atoms with Crippen LogP contribution in [0.5, 0.6) is 0 Å². The molecule has 0 saturated heterocycles. The lowest BCUT2D eigenvalue weighted by molar-refractivity contribution is -0.164. The van der Waals surface area contributed by atoms with Gasteiger partial charge in [-0.2, -0.15) is 0 Å². The van der Waals surface area contributed by atoms with Gasteiger partial charge < -0.3 is 5.32 Å². The van der Waals surface area contributed by atoms with E-state index in [1.165, 1.54) is 21.1 Å². The zero-order chi connectivity index (χ0) is 13.5. The molecular formula is C13H16N2O3. The van der Waals surface area contributed by atoms with Gasteiger partial charge >= 0.3 is 0 Å². The predicted molar refractivity (Wildman–Crippen MR) is 68.0 cm³/mol. The van der Waals surface area contributed by atoms with E-state index in [2.05, 4.69) is 5.32 Å². The summed E-state index contributed by atoms with van der Waals surface area (Å²) in [5.74, 6) is -0.730. The molecule has 0 radical (unpaired) electrons. The minimum atomic E-state index is -0.420. The first-order valence-electron chi connectivity index (χ1n) is 5.41. The molecule has 0 aliphatic carbocycles. The summed E-state index contributed by atoms with van der Waals surface area (Å²) in [5.41, 5.74) is 0.983. The standard InChI is InChI=1S/C13H16N2O3/c1-10(16)14-12(13(17)15(2)18-3)9-11-7-5-4-6-8-11/h4-9H,1-3H3,(H,14,16)/b12-9-. The van der Waals surface area contributed by atoms with E-state index >= 15 is 0 Å². The van der Waals surface area contributed by atoms with Gasteiger partial charge in [-0.1, -0.05) is 30.3 Å². The number of carbonyl (C=O) groups is 2. The van der Waals surface area contributed by atoms with Crippen molar-refractivity contribution in [1.82, 2.24) is 10.4 Å². The van der Waals surface area contributed by atoms with Crippen molar-refractivity contribution < 1.29 is 14.4 Å². The smallest absolute Gasteiger partial charge is 0.293 e.